The molecule has 1 heterocycles. The lowest BCUT2D eigenvalue weighted by Gasteiger charge is -2.24. The van der Waals surface area contributed by atoms with E-state index in [0.29, 0.717) is 6.54 Å². The fourth-order valence-electron chi connectivity index (χ4n) is 2.40. The first-order valence-corrected chi connectivity index (χ1v) is 7.64. The van der Waals surface area contributed by atoms with Crippen LogP contribution in [-0.2, 0) is 0 Å². The zero-order chi connectivity index (χ0) is 14.8. The highest BCUT2D eigenvalue weighted by Crippen LogP contribution is 2.39. The van der Waals surface area contributed by atoms with Crippen LogP contribution in [0.25, 0.3) is 0 Å². The average Bonchev–Trinajstić information content (AvgIpc) is 2.96. The van der Waals surface area contributed by atoms with Crippen LogP contribution in [-0.4, -0.2) is 23.1 Å². The zero-order valence-electron chi connectivity index (χ0n) is 11.1. The zero-order valence-corrected chi connectivity index (χ0v) is 11.9. The molecule has 1 aliphatic heterocycles. The number of carbonyl (C=O) groups excluding carboxylic acids is 1. The maximum atomic E-state index is 13.8. The van der Waals surface area contributed by atoms with Crippen LogP contribution >= 0.6 is 11.8 Å². The number of hydrogen-bond donors (Lipinski definition) is 0. The molecule has 2 nitrogen and oxygen atoms in total. The first-order valence-electron chi connectivity index (χ1n) is 6.59. The highest BCUT2D eigenvalue weighted by molar-refractivity contribution is 7.99. The van der Waals surface area contributed by atoms with Gasteiger partial charge in [-0.2, -0.15) is 0 Å². The second-order valence-electron chi connectivity index (χ2n) is 4.76. The summed E-state index contributed by atoms with van der Waals surface area (Å²) >= 11 is 1.56. The van der Waals surface area contributed by atoms with Gasteiger partial charge in [0.1, 0.15) is 17.0 Å². The molecule has 1 amide bonds. The maximum absolute atomic E-state index is 13.8. The summed E-state index contributed by atoms with van der Waals surface area (Å²) in [7, 11) is 0. The molecular formula is C16H13F2NOS. The number of amides is 1. The Bertz CT molecular complexity index is 677. The Morgan fingerprint density at radius 2 is 1.95 bits per heavy atom. The molecule has 21 heavy (non-hydrogen) atoms. The van der Waals surface area contributed by atoms with Crippen molar-refractivity contribution in [3.63, 3.8) is 0 Å². The molecule has 0 spiro atoms. The first-order chi connectivity index (χ1) is 10.2. The molecule has 2 aromatic carbocycles. The number of carbonyl (C=O) groups is 1. The van der Waals surface area contributed by atoms with Crippen LogP contribution in [0.4, 0.5) is 8.78 Å². The molecule has 1 saturated heterocycles. The fraction of sp³-hybridized carbons (Fsp3) is 0.188. The quantitative estimate of drug-likeness (QED) is 0.840. The summed E-state index contributed by atoms with van der Waals surface area (Å²) in [5, 5.41) is -0.271. The van der Waals surface area contributed by atoms with E-state index in [-0.39, 0.29) is 22.7 Å². The van der Waals surface area contributed by atoms with Crippen molar-refractivity contribution in [3.05, 3.63) is 71.3 Å². The summed E-state index contributed by atoms with van der Waals surface area (Å²) in [4.78, 5) is 14.1. The van der Waals surface area contributed by atoms with Gasteiger partial charge < -0.3 is 4.90 Å². The molecular weight excluding hydrogens is 292 g/mol. The third-order valence-corrected chi connectivity index (χ3v) is 4.65. The minimum Gasteiger partial charge on any atom is -0.322 e. The Balaban J connectivity index is 1.91. The Labute approximate surface area is 125 Å². The second kappa shape index (κ2) is 5.85. The number of hydrogen-bond acceptors (Lipinski definition) is 2. The van der Waals surface area contributed by atoms with Gasteiger partial charge in [0.25, 0.3) is 5.91 Å². The molecule has 0 aromatic heterocycles. The van der Waals surface area contributed by atoms with Crippen molar-refractivity contribution < 1.29 is 13.6 Å². The molecule has 5 heteroatoms. The Kier molecular flexibility index (Phi) is 3.92. The van der Waals surface area contributed by atoms with E-state index in [9.17, 15) is 13.6 Å². The Morgan fingerprint density at radius 3 is 2.71 bits per heavy atom. The van der Waals surface area contributed by atoms with Crippen molar-refractivity contribution in [2.45, 2.75) is 5.37 Å². The molecule has 1 aliphatic rings. The first kappa shape index (κ1) is 14.1. The minimum atomic E-state index is -0.530. The molecule has 1 fully saturated rings. The van der Waals surface area contributed by atoms with Crippen molar-refractivity contribution in [2.24, 2.45) is 0 Å². The van der Waals surface area contributed by atoms with E-state index in [1.165, 1.54) is 24.3 Å². The summed E-state index contributed by atoms with van der Waals surface area (Å²) in [5.41, 5.74) is 0.781. The van der Waals surface area contributed by atoms with E-state index in [0.717, 1.165) is 11.3 Å². The third kappa shape index (κ3) is 2.78. The van der Waals surface area contributed by atoms with Gasteiger partial charge >= 0.3 is 0 Å². The van der Waals surface area contributed by atoms with E-state index in [4.69, 9.17) is 0 Å². The van der Waals surface area contributed by atoms with E-state index < -0.39 is 5.82 Å². The number of thioether (sulfide) groups is 1. The van der Waals surface area contributed by atoms with Gasteiger partial charge in [0.2, 0.25) is 0 Å². The molecule has 1 atom stereocenters. The van der Waals surface area contributed by atoms with Gasteiger partial charge in [0.05, 0.1) is 5.56 Å². The van der Waals surface area contributed by atoms with Gasteiger partial charge in [-0.05, 0) is 29.8 Å². The van der Waals surface area contributed by atoms with Crippen LogP contribution < -0.4 is 0 Å². The monoisotopic (exact) mass is 305 g/mol. The Hall–Kier alpha value is -1.88. The summed E-state index contributed by atoms with van der Waals surface area (Å²) in [6.45, 7) is 0.527. The molecule has 0 N–H and O–H groups in total. The van der Waals surface area contributed by atoms with Gasteiger partial charge in [-0.1, -0.05) is 24.3 Å². The van der Waals surface area contributed by atoms with Crippen LogP contribution in [0.1, 0.15) is 21.3 Å². The summed E-state index contributed by atoms with van der Waals surface area (Å²) < 4.78 is 27.1. The van der Waals surface area contributed by atoms with Crippen molar-refractivity contribution in [1.29, 1.82) is 0 Å². The van der Waals surface area contributed by atoms with Crippen LogP contribution in [0, 0.1) is 11.6 Å². The highest BCUT2D eigenvalue weighted by atomic mass is 32.2. The summed E-state index contributed by atoms with van der Waals surface area (Å²) in [5.74, 6) is -0.468. The van der Waals surface area contributed by atoms with Crippen LogP contribution in [0.15, 0.2) is 48.5 Å². The topological polar surface area (TPSA) is 20.3 Å². The normalized spacial score (nSPS) is 18.0. The fourth-order valence-corrected chi connectivity index (χ4v) is 3.65. The van der Waals surface area contributed by atoms with Crippen LogP contribution in [0.3, 0.4) is 0 Å². The van der Waals surface area contributed by atoms with Crippen molar-refractivity contribution >= 4 is 17.7 Å². The van der Waals surface area contributed by atoms with E-state index >= 15 is 0 Å². The molecule has 3 rings (SSSR count). The summed E-state index contributed by atoms with van der Waals surface area (Å²) in [6, 6.07) is 12.1. The van der Waals surface area contributed by atoms with Gasteiger partial charge in [-0.15, -0.1) is 11.8 Å². The van der Waals surface area contributed by atoms with Crippen molar-refractivity contribution in [3.8, 4) is 0 Å². The van der Waals surface area contributed by atoms with Gasteiger partial charge in [-0.25, -0.2) is 8.78 Å². The highest BCUT2D eigenvalue weighted by Gasteiger charge is 2.32. The third-order valence-electron chi connectivity index (χ3n) is 3.39. The number of benzene rings is 2. The van der Waals surface area contributed by atoms with Crippen molar-refractivity contribution in [2.75, 3.05) is 12.3 Å². The Morgan fingerprint density at radius 1 is 1.14 bits per heavy atom. The lowest BCUT2D eigenvalue weighted by Crippen LogP contribution is -2.31. The minimum absolute atomic E-state index is 0.0569. The van der Waals surface area contributed by atoms with E-state index in [2.05, 4.69) is 0 Å². The lowest BCUT2D eigenvalue weighted by molar-refractivity contribution is 0.0755. The molecule has 0 saturated carbocycles. The predicted octanol–water partition coefficient (Wildman–Crippen LogP) is 3.85. The largest absolute Gasteiger partial charge is 0.322 e. The van der Waals surface area contributed by atoms with Gasteiger partial charge in [-0.3, -0.25) is 4.79 Å². The van der Waals surface area contributed by atoms with Crippen LogP contribution in [0.2, 0.25) is 0 Å². The smallest absolute Gasteiger partial charge is 0.258 e. The standard InChI is InChI=1S/C16H13F2NOS/c17-12-5-3-4-11(10-12)16-19(8-9-21-16)15(20)13-6-1-2-7-14(13)18/h1-7,10,16H,8-9H2/t16-/m1/s1. The van der Waals surface area contributed by atoms with Gasteiger partial charge in [0, 0.05) is 12.3 Å². The number of nitrogens with zero attached hydrogens (tertiary/aromatic N) is 1. The SMILES string of the molecule is O=C(c1ccccc1F)N1CCS[C@@H]1c1cccc(F)c1. The lowest BCUT2D eigenvalue weighted by atomic mass is 10.1. The number of halogens is 2. The average molecular weight is 305 g/mol. The molecule has 0 unspecified atom stereocenters. The molecule has 0 radical (unpaired) electrons. The number of rotatable bonds is 2. The van der Waals surface area contributed by atoms with Crippen LogP contribution in [0.5, 0.6) is 0 Å². The molecule has 0 aliphatic carbocycles. The van der Waals surface area contributed by atoms with Crippen molar-refractivity contribution in [1.82, 2.24) is 4.90 Å². The molecule has 108 valence electrons. The van der Waals surface area contributed by atoms with E-state index in [1.807, 2.05) is 0 Å². The molecule has 2 aromatic rings. The maximum Gasteiger partial charge on any atom is 0.258 e. The van der Waals surface area contributed by atoms with Gasteiger partial charge in [0.15, 0.2) is 0 Å². The predicted molar refractivity (Wildman–Crippen MR) is 79.0 cm³/mol. The molecule has 0 bridgehead atoms. The summed E-state index contributed by atoms with van der Waals surface area (Å²) in [6.07, 6.45) is 0. The van der Waals surface area contributed by atoms with E-state index in [1.54, 1.807) is 40.9 Å². The second-order valence-corrected chi connectivity index (χ2v) is 5.94.